The van der Waals surface area contributed by atoms with E-state index in [1.807, 2.05) is 18.2 Å². The second-order valence-electron chi connectivity index (χ2n) is 4.93. The molecule has 0 bridgehead atoms. The van der Waals surface area contributed by atoms with Gasteiger partial charge >= 0.3 is 0 Å². The predicted molar refractivity (Wildman–Crippen MR) is 71.7 cm³/mol. The molecule has 92 valence electrons. The highest BCUT2D eigenvalue weighted by molar-refractivity contribution is 5.68. The maximum Gasteiger partial charge on any atom is 0.123 e. The lowest BCUT2D eigenvalue weighted by molar-refractivity contribution is 0.628. The van der Waals surface area contributed by atoms with Crippen LogP contribution in [-0.4, -0.2) is 6.54 Å². The van der Waals surface area contributed by atoms with Crippen molar-refractivity contribution in [1.29, 1.82) is 0 Å². The third kappa shape index (κ3) is 2.04. The van der Waals surface area contributed by atoms with Crippen LogP contribution in [0.15, 0.2) is 48.5 Å². The van der Waals surface area contributed by atoms with E-state index in [1.54, 1.807) is 0 Å². The normalized spacial score (nSPS) is 21.9. The van der Waals surface area contributed by atoms with Crippen LogP contribution in [-0.2, 0) is 0 Å². The van der Waals surface area contributed by atoms with Gasteiger partial charge in [-0.3, -0.25) is 0 Å². The van der Waals surface area contributed by atoms with Crippen molar-refractivity contribution in [2.24, 2.45) is 11.7 Å². The molecule has 0 aromatic heterocycles. The molecule has 0 unspecified atom stereocenters. The van der Waals surface area contributed by atoms with Gasteiger partial charge < -0.3 is 5.73 Å². The molecule has 0 aliphatic heterocycles. The molecule has 0 spiro atoms. The summed E-state index contributed by atoms with van der Waals surface area (Å²) in [4.78, 5) is 0. The third-order valence-electron chi connectivity index (χ3n) is 3.74. The number of hydrogen-bond acceptors (Lipinski definition) is 1. The summed E-state index contributed by atoms with van der Waals surface area (Å²) < 4.78 is 13.0. The molecule has 0 saturated heterocycles. The molecule has 18 heavy (non-hydrogen) atoms. The highest BCUT2D eigenvalue weighted by Gasteiger charge is 2.38. The molecule has 0 amide bonds. The summed E-state index contributed by atoms with van der Waals surface area (Å²) in [5.41, 5.74) is 9.35. The highest BCUT2D eigenvalue weighted by Crippen LogP contribution is 2.49. The molecule has 1 saturated carbocycles. The van der Waals surface area contributed by atoms with E-state index in [2.05, 4.69) is 18.2 Å². The van der Waals surface area contributed by atoms with Gasteiger partial charge in [0.05, 0.1) is 0 Å². The second-order valence-corrected chi connectivity index (χ2v) is 4.93. The molecular weight excluding hydrogens is 225 g/mol. The van der Waals surface area contributed by atoms with Crippen LogP contribution in [0.3, 0.4) is 0 Å². The van der Waals surface area contributed by atoms with Crippen LogP contribution in [0.1, 0.15) is 17.9 Å². The summed E-state index contributed by atoms with van der Waals surface area (Å²) >= 11 is 0. The van der Waals surface area contributed by atoms with Crippen LogP contribution in [0.5, 0.6) is 0 Å². The maximum atomic E-state index is 13.0. The van der Waals surface area contributed by atoms with Crippen molar-refractivity contribution in [3.8, 4) is 11.1 Å². The van der Waals surface area contributed by atoms with Gasteiger partial charge in [0.15, 0.2) is 0 Å². The van der Waals surface area contributed by atoms with Crippen LogP contribution in [0.2, 0.25) is 0 Å². The lowest BCUT2D eigenvalue weighted by Crippen LogP contribution is -2.02. The molecule has 1 nitrogen and oxygen atoms in total. The minimum atomic E-state index is -0.192. The van der Waals surface area contributed by atoms with Gasteiger partial charge in [0.25, 0.3) is 0 Å². The monoisotopic (exact) mass is 241 g/mol. The standard InChI is InChI=1S/C16H16FN/c17-13-7-5-11(6-8-13)14-3-1-2-4-15(14)16-9-12(16)10-18/h1-8,12,16H,9-10,18H2/t12-,16+/m0/s1. The number of halogens is 1. The van der Waals surface area contributed by atoms with Gasteiger partial charge in [-0.15, -0.1) is 0 Å². The van der Waals surface area contributed by atoms with Gasteiger partial charge in [-0.1, -0.05) is 36.4 Å². The van der Waals surface area contributed by atoms with Crippen LogP contribution in [0.4, 0.5) is 4.39 Å². The molecule has 1 aliphatic rings. The van der Waals surface area contributed by atoms with Crippen molar-refractivity contribution in [2.45, 2.75) is 12.3 Å². The molecule has 0 heterocycles. The summed E-state index contributed by atoms with van der Waals surface area (Å²) in [6.45, 7) is 0.752. The highest BCUT2D eigenvalue weighted by atomic mass is 19.1. The predicted octanol–water partition coefficient (Wildman–Crippen LogP) is 3.55. The third-order valence-corrected chi connectivity index (χ3v) is 3.74. The molecule has 1 fully saturated rings. The molecule has 0 radical (unpaired) electrons. The van der Waals surface area contributed by atoms with Crippen molar-refractivity contribution in [3.05, 3.63) is 59.9 Å². The summed E-state index contributed by atoms with van der Waals surface area (Å²) in [5.74, 6) is 1.00. The van der Waals surface area contributed by atoms with Gasteiger partial charge in [0.2, 0.25) is 0 Å². The first-order valence-electron chi connectivity index (χ1n) is 6.34. The van der Waals surface area contributed by atoms with E-state index in [1.165, 1.54) is 29.7 Å². The zero-order chi connectivity index (χ0) is 12.5. The minimum Gasteiger partial charge on any atom is -0.330 e. The molecule has 1 aliphatic carbocycles. The Morgan fingerprint density at radius 2 is 1.78 bits per heavy atom. The van der Waals surface area contributed by atoms with E-state index < -0.39 is 0 Å². The van der Waals surface area contributed by atoms with Crippen molar-refractivity contribution >= 4 is 0 Å². The van der Waals surface area contributed by atoms with Crippen molar-refractivity contribution < 1.29 is 4.39 Å². The topological polar surface area (TPSA) is 26.0 Å². The Bertz CT molecular complexity index is 547. The van der Waals surface area contributed by atoms with E-state index in [9.17, 15) is 4.39 Å². The Morgan fingerprint density at radius 1 is 1.06 bits per heavy atom. The van der Waals surface area contributed by atoms with Crippen LogP contribution < -0.4 is 5.73 Å². The first-order chi connectivity index (χ1) is 8.79. The quantitative estimate of drug-likeness (QED) is 0.873. The first-order valence-corrected chi connectivity index (χ1v) is 6.34. The van der Waals surface area contributed by atoms with Gasteiger partial charge in [-0.2, -0.15) is 0 Å². The zero-order valence-corrected chi connectivity index (χ0v) is 10.1. The lowest BCUT2D eigenvalue weighted by Gasteiger charge is -2.09. The van der Waals surface area contributed by atoms with E-state index in [4.69, 9.17) is 5.73 Å². The lowest BCUT2D eigenvalue weighted by atomic mass is 9.96. The molecule has 2 aromatic carbocycles. The van der Waals surface area contributed by atoms with Crippen molar-refractivity contribution in [3.63, 3.8) is 0 Å². The molecule has 2 N–H and O–H groups in total. The van der Waals surface area contributed by atoms with E-state index in [0.29, 0.717) is 11.8 Å². The molecule has 2 heteroatoms. The maximum absolute atomic E-state index is 13.0. The summed E-state index contributed by atoms with van der Waals surface area (Å²) in [6, 6.07) is 15.1. The average molecular weight is 241 g/mol. The van der Waals surface area contributed by atoms with Crippen LogP contribution in [0.25, 0.3) is 11.1 Å². The van der Waals surface area contributed by atoms with E-state index >= 15 is 0 Å². The fraction of sp³-hybridized carbons (Fsp3) is 0.250. The Hall–Kier alpha value is -1.67. The SMILES string of the molecule is NC[C@@H]1C[C@H]1c1ccccc1-c1ccc(F)cc1. The van der Waals surface area contributed by atoms with E-state index in [-0.39, 0.29) is 5.82 Å². The fourth-order valence-corrected chi connectivity index (χ4v) is 2.60. The molecular formula is C16H16FN. The summed E-state index contributed by atoms with van der Waals surface area (Å²) in [6.07, 6.45) is 1.18. The van der Waals surface area contributed by atoms with Crippen LogP contribution in [0, 0.1) is 11.7 Å². The summed E-state index contributed by atoms with van der Waals surface area (Å²) in [7, 11) is 0. The Balaban J connectivity index is 1.99. The van der Waals surface area contributed by atoms with Crippen molar-refractivity contribution in [1.82, 2.24) is 0 Å². The number of hydrogen-bond donors (Lipinski definition) is 1. The Morgan fingerprint density at radius 3 is 2.44 bits per heavy atom. The average Bonchev–Trinajstić information content (AvgIpc) is 3.19. The number of benzene rings is 2. The summed E-state index contributed by atoms with van der Waals surface area (Å²) in [5, 5.41) is 0. The van der Waals surface area contributed by atoms with Gasteiger partial charge in [-0.05, 0) is 53.6 Å². The molecule has 3 rings (SSSR count). The number of rotatable bonds is 3. The zero-order valence-electron chi connectivity index (χ0n) is 10.1. The first kappa shape index (κ1) is 11.4. The van der Waals surface area contributed by atoms with Gasteiger partial charge in [0.1, 0.15) is 5.82 Å². The number of nitrogens with two attached hydrogens (primary N) is 1. The minimum absolute atomic E-state index is 0.192. The van der Waals surface area contributed by atoms with Crippen molar-refractivity contribution in [2.75, 3.05) is 6.54 Å². The second kappa shape index (κ2) is 4.54. The van der Waals surface area contributed by atoms with Crippen LogP contribution >= 0.6 is 0 Å². The van der Waals surface area contributed by atoms with E-state index in [0.717, 1.165) is 12.1 Å². The molecule has 2 aromatic rings. The molecule has 2 atom stereocenters. The van der Waals surface area contributed by atoms with Gasteiger partial charge in [0, 0.05) is 0 Å². The smallest absolute Gasteiger partial charge is 0.123 e. The van der Waals surface area contributed by atoms with Gasteiger partial charge in [-0.25, -0.2) is 4.39 Å². The Kier molecular flexibility index (Phi) is 2.88. The fourth-order valence-electron chi connectivity index (χ4n) is 2.60. The largest absolute Gasteiger partial charge is 0.330 e. The Labute approximate surface area is 106 Å².